The fourth-order valence-electron chi connectivity index (χ4n) is 1.50. The van der Waals surface area contributed by atoms with E-state index in [0.717, 1.165) is 11.3 Å². The van der Waals surface area contributed by atoms with Crippen molar-refractivity contribution in [3.05, 3.63) is 17.5 Å². The number of nitrogens with one attached hydrogen (secondary N) is 2. The van der Waals surface area contributed by atoms with Crippen molar-refractivity contribution < 1.29 is 18.3 Å². The Hall–Kier alpha value is -0.960. The predicted molar refractivity (Wildman–Crippen MR) is 78.0 cm³/mol. The van der Waals surface area contributed by atoms with Gasteiger partial charge in [0.25, 0.3) is 0 Å². The van der Waals surface area contributed by atoms with Crippen LogP contribution in [0.2, 0.25) is 0 Å². The summed E-state index contributed by atoms with van der Waals surface area (Å²) in [5.41, 5.74) is 0. The van der Waals surface area contributed by atoms with Crippen molar-refractivity contribution in [1.29, 1.82) is 0 Å². The van der Waals surface area contributed by atoms with Crippen LogP contribution in [0, 0.1) is 0 Å². The van der Waals surface area contributed by atoms with E-state index in [9.17, 15) is 13.2 Å². The molecule has 1 atom stereocenters. The standard InChI is InChI=1S/C12H20N2O4S2/c1-10(15)4-2-7-13-11(16)6-8-14-20(17,18)12-5-3-9-19-12/h3,5,9-10,14-15H,2,4,6-8H2,1H3,(H,13,16). The van der Waals surface area contributed by atoms with Crippen molar-refractivity contribution in [3.63, 3.8) is 0 Å². The molecule has 6 nitrogen and oxygen atoms in total. The third-order valence-corrected chi connectivity index (χ3v) is 5.38. The molecule has 0 saturated heterocycles. The van der Waals surface area contributed by atoms with Crippen LogP contribution in [0.4, 0.5) is 0 Å². The third-order valence-electron chi connectivity index (χ3n) is 2.52. The van der Waals surface area contributed by atoms with Crippen molar-refractivity contribution in [2.24, 2.45) is 0 Å². The molecule has 8 heteroatoms. The van der Waals surface area contributed by atoms with Gasteiger partial charge in [-0.3, -0.25) is 4.79 Å². The maximum absolute atomic E-state index is 11.7. The van der Waals surface area contributed by atoms with Gasteiger partial charge in [-0.25, -0.2) is 13.1 Å². The summed E-state index contributed by atoms with van der Waals surface area (Å²) in [6.07, 6.45) is 1.05. The van der Waals surface area contributed by atoms with Crippen LogP contribution in [-0.4, -0.2) is 38.6 Å². The molecule has 0 radical (unpaired) electrons. The lowest BCUT2D eigenvalue weighted by molar-refractivity contribution is -0.120. The van der Waals surface area contributed by atoms with Gasteiger partial charge in [0.15, 0.2) is 0 Å². The number of rotatable bonds is 9. The minimum atomic E-state index is -3.49. The molecular weight excluding hydrogens is 300 g/mol. The van der Waals surface area contributed by atoms with Gasteiger partial charge in [-0.2, -0.15) is 0 Å². The van der Waals surface area contributed by atoms with E-state index in [2.05, 4.69) is 10.0 Å². The monoisotopic (exact) mass is 320 g/mol. The lowest BCUT2D eigenvalue weighted by Crippen LogP contribution is -2.31. The number of carbonyl (C=O) groups excluding carboxylic acids is 1. The second-order valence-corrected chi connectivity index (χ2v) is 7.36. The SMILES string of the molecule is CC(O)CCCNC(=O)CCNS(=O)(=O)c1cccs1. The molecule has 1 aromatic heterocycles. The quantitative estimate of drug-likeness (QED) is 0.584. The third kappa shape index (κ3) is 6.47. The molecule has 114 valence electrons. The van der Waals surface area contributed by atoms with Crippen molar-refractivity contribution in [2.45, 2.75) is 36.5 Å². The van der Waals surface area contributed by atoms with Crippen LogP contribution >= 0.6 is 11.3 Å². The van der Waals surface area contributed by atoms with Crippen LogP contribution < -0.4 is 10.0 Å². The summed E-state index contributed by atoms with van der Waals surface area (Å²) in [7, 11) is -3.49. The average molecular weight is 320 g/mol. The largest absolute Gasteiger partial charge is 0.393 e. The average Bonchev–Trinajstić information content (AvgIpc) is 2.88. The topological polar surface area (TPSA) is 95.5 Å². The lowest BCUT2D eigenvalue weighted by atomic mass is 10.2. The number of carbonyl (C=O) groups is 1. The number of hydrogen-bond donors (Lipinski definition) is 3. The number of hydrogen-bond acceptors (Lipinski definition) is 5. The zero-order chi connectivity index (χ0) is 15.0. The lowest BCUT2D eigenvalue weighted by Gasteiger charge is -2.07. The number of aliphatic hydroxyl groups excluding tert-OH is 1. The summed E-state index contributed by atoms with van der Waals surface area (Å²) in [6.45, 7) is 2.26. The predicted octanol–water partition coefficient (Wildman–Crippen LogP) is 0.694. The van der Waals surface area contributed by atoms with E-state index in [0.29, 0.717) is 19.4 Å². The fraction of sp³-hybridized carbons (Fsp3) is 0.583. The molecule has 0 aromatic carbocycles. The number of aliphatic hydroxyl groups is 1. The van der Waals surface area contributed by atoms with Crippen LogP contribution in [0.5, 0.6) is 0 Å². The van der Waals surface area contributed by atoms with Gasteiger partial charge in [-0.1, -0.05) is 6.07 Å². The van der Waals surface area contributed by atoms with E-state index in [1.807, 2.05) is 0 Å². The van der Waals surface area contributed by atoms with Gasteiger partial charge in [-0.05, 0) is 31.2 Å². The Kier molecular flexibility index (Phi) is 7.14. The second-order valence-electron chi connectivity index (χ2n) is 4.42. The van der Waals surface area contributed by atoms with E-state index in [4.69, 9.17) is 5.11 Å². The maximum Gasteiger partial charge on any atom is 0.250 e. The zero-order valence-electron chi connectivity index (χ0n) is 11.3. The molecule has 0 fully saturated rings. The van der Waals surface area contributed by atoms with E-state index >= 15 is 0 Å². The van der Waals surface area contributed by atoms with Gasteiger partial charge in [0.2, 0.25) is 15.9 Å². The first kappa shape index (κ1) is 17.1. The van der Waals surface area contributed by atoms with Gasteiger partial charge in [-0.15, -0.1) is 11.3 Å². The molecule has 3 N–H and O–H groups in total. The van der Waals surface area contributed by atoms with Crippen LogP contribution in [0.1, 0.15) is 26.2 Å². The first-order valence-corrected chi connectivity index (χ1v) is 8.76. The molecule has 0 bridgehead atoms. The molecule has 1 amide bonds. The smallest absolute Gasteiger partial charge is 0.250 e. The van der Waals surface area contributed by atoms with Crippen molar-refractivity contribution in [1.82, 2.24) is 10.0 Å². The Morgan fingerprint density at radius 2 is 2.20 bits per heavy atom. The second kappa shape index (κ2) is 8.35. The molecular formula is C12H20N2O4S2. The highest BCUT2D eigenvalue weighted by Crippen LogP contribution is 2.14. The zero-order valence-corrected chi connectivity index (χ0v) is 13.0. The Bertz CT molecular complexity index is 498. The molecule has 0 aliphatic rings. The van der Waals surface area contributed by atoms with Crippen LogP contribution in [0.3, 0.4) is 0 Å². The molecule has 1 aromatic rings. The van der Waals surface area contributed by atoms with Gasteiger partial charge >= 0.3 is 0 Å². The van der Waals surface area contributed by atoms with Gasteiger partial charge in [0.05, 0.1) is 6.10 Å². The molecule has 1 unspecified atom stereocenters. The highest BCUT2D eigenvalue weighted by atomic mass is 32.2. The Labute approximate surface area is 123 Å². The minimum Gasteiger partial charge on any atom is -0.393 e. The van der Waals surface area contributed by atoms with Crippen LogP contribution in [0.15, 0.2) is 21.7 Å². The van der Waals surface area contributed by atoms with E-state index < -0.39 is 10.0 Å². The van der Waals surface area contributed by atoms with E-state index in [-0.39, 0.29) is 29.2 Å². The Morgan fingerprint density at radius 3 is 2.80 bits per heavy atom. The highest BCUT2D eigenvalue weighted by Gasteiger charge is 2.14. The summed E-state index contributed by atoms with van der Waals surface area (Å²) >= 11 is 1.13. The molecule has 0 aliphatic carbocycles. The van der Waals surface area contributed by atoms with Crippen LogP contribution in [-0.2, 0) is 14.8 Å². The molecule has 1 heterocycles. The van der Waals surface area contributed by atoms with Gasteiger partial charge in [0, 0.05) is 19.5 Å². The molecule has 20 heavy (non-hydrogen) atoms. The normalized spacial score (nSPS) is 13.1. The van der Waals surface area contributed by atoms with Crippen LogP contribution in [0.25, 0.3) is 0 Å². The first-order chi connectivity index (χ1) is 9.42. The van der Waals surface area contributed by atoms with Crippen molar-refractivity contribution in [3.8, 4) is 0 Å². The van der Waals surface area contributed by atoms with E-state index in [1.54, 1.807) is 18.4 Å². The Morgan fingerprint density at radius 1 is 1.45 bits per heavy atom. The summed E-state index contributed by atoms with van der Waals surface area (Å²) in [5, 5.41) is 13.4. The Balaban J connectivity index is 2.19. The fourth-order valence-corrected chi connectivity index (χ4v) is 3.57. The number of thiophene rings is 1. The van der Waals surface area contributed by atoms with Gasteiger partial charge < -0.3 is 10.4 Å². The van der Waals surface area contributed by atoms with E-state index in [1.165, 1.54) is 6.07 Å². The van der Waals surface area contributed by atoms with Crippen molar-refractivity contribution in [2.75, 3.05) is 13.1 Å². The summed E-state index contributed by atoms with van der Waals surface area (Å²) in [4.78, 5) is 11.5. The van der Waals surface area contributed by atoms with Gasteiger partial charge in [0.1, 0.15) is 4.21 Å². The maximum atomic E-state index is 11.7. The highest BCUT2D eigenvalue weighted by molar-refractivity contribution is 7.91. The summed E-state index contributed by atoms with van der Waals surface area (Å²) < 4.78 is 26.1. The molecule has 0 saturated carbocycles. The number of sulfonamides is 1. The molecule has 1 rings (SSSR count). The van der Waals surface area contributed by atoms with Crippen molar-refractivity contribution >= 4 is 27.3 Å². The molecule has 0 spiro atoms. The number of amides is 1. The summed E-state index contributed by atoms with van der Waals surface area (Å²) in [5.74, 6) is -0.204. The summed E-state index contributed by atoms with van der Waals surface area (Å²) in [6, 6.07) is 3.18. The minimum absolute atomic E-state index is 0.0719. The molecule has 0 aliphatic heterocycles. The first-order valence-electron chi connectivity index (χ1n) is 6.40.